The van der Waals surface area contributed by atoms with E-state index in [0.29, 0.717) is 36.1 Å². The average Bonchev–Trinajstić information content (AvgIpc) is 3.56. The Kier molecular flexibility index (Phi) is 4.56. The Balaban J connectivity index is 1.69. The number of pyridine rings is 1. The van der Waals surface area contributed by atoms with Gasteiger partial charge >= 0.3 is 5.97 Å². The second kappa shape index (κ2) is 6.53. The summed E-state index contributed by atoms with van der Waals surface area (Å²) in [4.78, 5) is 26.0. The van der Waals surface area contributed by atoms with E-state index in [0.717, 1.165) is 25.7 Å². The van der Waals surface area contributed by atoms with Gasteiger partial charge in [-0.1, -0.05) is 0 Å². The molecule has 0 spiro atoms. The van der Waals surface area contributed by atoms with Gasteiger partial charge in [-0.25, -0.2) is 9.00 Å². The molecular weight excluding hydrogens is 370 g/mol. The molecular formula is C19H27NO6S. The van der Waals surface area contributed by atoms with E-state index in [4.69, 9.17) is 13.7 Å². The minimum atomic E-state index is -3.30. The molecule has 0 bridgehead atoms. The molecule has 2 aliphatic heterocycles. The van der Waals surface area contributed by atoms with Crippen molar-refractivity contribution < 1.29 is 22.7 Å². The van der Waals surface area contributed by atoms with E-state index < -0.39 is 21.4 Å². The number of hydrogen-bond acceptors (Lipinski definition) is 6. The van der Waals surface area contributed by atoms with E-state index >= 15 is 0 Å². The fraction of sp³-hybridized carbons (Fsp3) is 0.684. The second-order valence-corrected chi connectivity index (χ2v) is 11.7. The Morgan fingerprint density at radius 3 is 2.48 bits per heavy atom. The number of hydrogen-bond donors (Lipinski definition) is 0. The molecule has 1 aromatic heterocycles. The van der Waals surface area contributed by atoms with Crippen LogP contribution in [0.3, 0.4) is 0 Å². The third kappa shape index (κ3) is 3.17. The summed E-state index contributed by atoms with van der Waals surface area (Å²) in [5.41, 5.74) is 0.294. The van der Waals surface area contributed by atoms with Gasteiger partial charge in [-0.2, -0.15) is 0 Å². The van der Waals surface area contributed by atoms with Crippen LogP contribution in [0.2, 0.25) is 0 Å². The molecule has 0 amide bonds. The zero-order chi connectivity index (χ0) is 19.3. The van der Waals surface area contributed by atoms with Crippen molar-refractivity contribution in [2.45, 2.75) is 55.2 Å². The van der Waals surface area contributed by atoms with E-state index in [1.54, 1.807) is 13.0 Å². The van der Waals surface area contributed by atoms with Crippen molar-refractivity contribution in [2.24, 2.45) is 5.92 Å². The zero-order valence-electron chi connectivity index (χ0n) is 15.8. The summed E-state index contributed by atoms with van der Waals surface area (Å²) in [5, 5.41) is 0.0373. The van der Waals surface area contributed by atoms with E-state index in [9.17, 15) is 13.8 Å². The predicted molar refractivity (Wildman–Crippen MR) is 100 cm³/mol. The molecule has 0 radical (unpaired) electrons. The van der Waals surface area contributed by atoms with Crippen molar-refractivity contribution in [1.82, 2.24) is 4.57 Å². The van der Waals surface area contributed by atoms with Gasteiger partial charge in [0, 0.05) is 25.0 Å². The third-order valence-electron chi connectivity index (χ3n) is 6.08. The Labute approximate surface area is 158 Å². The Hall–Kier alpha value is -1.51. The molecule has 1 aliphatic carbocycles. The maximum absolute atomic E-state index is 13.5. The van der Waals surface area contributed by atoms with Crippen molar-refractivity contribution in [1.29, 1.82) is 0 Å². The number of carbonyl (C=O) groups is 1. The van der Waals surface area contributed by atoms with E-state index in [1.807, 2.05) is 0 Å². The fourth-order valence-electron chi connectivity index (χ4n) is 4.21. The van der Waals surface area contributed by atoms with Gasteiger partial charge in [0.15, 0.2) is 5.94 Å². The van der Waals surface area contributed by atoms with Gasteiger partial charge in [0.2, 0.25) is 0 Å². The molecule has 1 aromatic rings. The van der Waals surface area contributed by atoms with Gasteiger partial charge in [0.25, 0.3) is 5.56 Å². The molecule has 3 aliphatic rings. The molecule has 3 heterocycles. The average molecular weight is 397 g/mol. The van der Waals surface area contributed by atoms with Crippen molar-refractivity contribution in [2.75, 3.05) is 26.3 Å². The summed E-state index contributed by atoms with van der Waals surface area (Å²) < 4.78 is 30.8. The predicted octanol–water partition coefficient (Wildman–Crippen LogP) is 1.93. The smallest absolute Gasteiger partial charge is 0.328 e. The minimum absolute atomic E-state index is 0.0373. The Morgan fingerprint density at radius 1 is 1.30 bits per heavy atom. The molecule has 0 aromatic carbocycles. The molecule has 0 N–H and O–H groups in total. The van der Waals surface area contributed by atoms with Gasteiger partial charge in [0.1, 0.15) is 6.04 Å². The lowest BCUT2D eigenvalue weighted by atomic mass is 9.92. The maximum Gasteiger partial charge on any atom is 0.328 e. The molecule has 1 saturated carbocycles. The Morgan fingerprint density at radius 2 is 1.96 bits per heavy atom. The number of carbonyl (C=O) groups excluding carboxylic acids is 1. The molecule has 8 heteroatoms. The quantitative estimate of drug-likeness (QED) is 0.538. The summed E-state index contributed by atoms with van der Waals surface area (Å²) in [6, 6.07) is 2.49. The van der Waals surface area contributed by atoms with Crippen molar-refractivity contribution >= 4 is 15.3 Å². The second-order valence-electron chi connectivity index (χ2n) is 7.90. The van der Waals surface area contributed by atoms with Gasteiger partial charge in [-0.3, -0.25) is 13.5 Å². The summed E-state index contributed by atoms with van der Waals surface area (Å²) in [6.07, 6.45) is 4.02. The summed E-state index contributed by atoms with van der Waals surface area (Å²) in [6.45, 7) is 3.13. The lowest BCUT2D eigenvalue weighted by molar-refractivity contribution is -0.145. The number of ether oxygens (including phenoxy) is 2. The number of aryl methyl sites for hydroxylation is 1. The first kappa shape index (κ1) is 18.8. The number of esters is 1. The molecule has 2 saturated heterocycles. The first-order valence-electron chi connectivity index (χ1n) is 9.55. The topological polar surface area (TPSA) is 87.1 Å². The standard InChI is InChI=1S/C19H27NO6S/c1-13-9-16(27(23,12-26-27)15-3-4-15)11-18(21)20(13)17(19(22)24-2)10-14-5-7-25-8-6-14/h9,11,14-15,17H,3-8,10,12H2,1-2H3. The molecule has 7 nitrogen and oxygen atoms in total. The Bertz CT molecular complexity index is 873. The number of nitrogens with zero attached hydrogens (tertiary/aromatic N) is 1. The molecule has 4 rings (SSSR count). The fourth-order valence-corrected chi connectivity index (χ4v) is 7.68. The molecule has 27 heavy (non-hydrogen) atoms. The largest absolute Gasteiger partial charge is 0.467 e. The highest BCUT2D eigenvalue weighted by Crippen LogP contribution is 2.60. The normalized spacial score (nSPS) is 26.5. The van der Waals surface area contributed by atoms with Crippen LogP contribution in [0.5, 0.6) is 0 Å². The SMILES string of the molecule is COC(=O)C(CC1CCOCC1)n1c(C)cc(S2(=O)(C3CC3)CO2)cc1=O. The molecule has 3 fully saturated rings. The third-order valence-corrected chi connectivity index (χ3v) is 10.1. The number of rotatable bonds is 6. The summed E-state index contributed by atoms with van der Waals surface area (Å²) in [5.74, 6) is 0.0924. The van der Waals surface area contributed by atoms with Crippen molar-refractivity contribution in [3.05, 3.63) is 28.2 Å². The lowest BCUT2D eigenvalue weighted by Crippen LogP contribution is -2.35. The first-order valence-corrected chi connectivity index (χ1v) is 11.7. The molecule has 1 unspecified atom stereocenters. The highest BCUT2D eigenvalue weighted by Gasteiger charge is 2.59. The monoisotopic (exact) mass is 397 g/mol. The number of aromatic nitrogens is 1. The van der Waals surface area contributed by atoms with Crippen LogP contribution in [0.1, 0.15) is 43.8 Å². The lowest BCUT2D eigenvalue weighted by Gasteiger charge is -2.29. The highest BCUT2D eigenvalue weighted by atomic mass is 32.3. The number of methoxy groups -OCH3 is 1. The van der Waals surface area contributed by atoms with Crippen LogP contribution in [0.25, 0.3) is 0 Å². The zero-order valence-corrected chi connectivity index (χ0v) is 16.7. The van der Waals surface area contributed by atoms with Crippen LogP contribution in [0.4, 0.5) is 0 Å². The van der Waals surface area contributed by atoms with Gasteiger partial charge in [-0.15, -0.1) is 9.35 Å². The molecule has 150 valence electrons. The van der Waals surface area contributed by atoms with Gasteiger partial charge in [0.05, 0.1) is 17.3 Å². The minimum Gasteiger partial charge on any atom is -0.467 e. The van der Waals surface area contributed by atoms with Crippen LogP contribution in [0.15, 0.2) is 21.8 Å². The van der Waals surface area contributed by atoms with E-state index in [2.05, 4.69) is 0 Å². The van der Waals surface area contributed by atoms with E-state index in [1.165, 1.54) is 17.7 Å². The van der Waals surface area contributed by atoms with Crippen LogP contribution >= 0.6 is 0 Å². The van der Waals surface area contributed by atoms with E-state index in [-0.39, 0.29) is 16.7 Å². The van der Waals surface area contributed by atoms with Crippen molar-refractivity contribution in [3.8, 4) is 0 Å². The first-order chi connectivity index (χ1) is 12.9. The van der Waals surface area contributed by atoms with Crippen LogP contribution in [-0.2, 0) is 27.8 Å². The van der Waals surface area contributed by atoms with Gasteiger partial charge in [-0.05, 0) is 51.0 Å². The molecule has 1 atom stereocenters. The van der Waals surface area contributed by atoms with Crippen molar-refractivity contribution in [3.63, 3.8) is 0 Å². The van der Waals surface area contributed by atoms with Crippen LogP contribution in [0, 0.1) is 12.8 Å². The highest BCUT2D eigenvalue weighted by molar-refractivity contribution is 8.21. The summed E-state index contributed by atoms with van der Waals surface area (Å²) in [7, 11) is -1.96. The summed E-state index contributed by atoms with van der Waals surface area (Å²) >= 11 is 0. The maximum atomic E-state index is 13.5. The van der Waals surface area contributed by atoms with Gasteiger partial charge < -0.3 is 9.47 Å². The van der Waals surface area contributed by atoms with Crippen LogP contribution < -0.4 is 5.56 Å². The van der Waals surface area contributed by atoms with Crippen LogP contribution in [-0.4, -0.2) is 46.3 Å².